The largest absolute Gasteiger partial charge is 0.399 e. The van der Waals surface area contributed by atoms with Crippen molar-refractivity contribution in [2.45, 2.75) is 25.3 Å². The maximum absolute atomic E-state index is 12.0. The molecule has 0 bridgehead atoms. The Morgan fingerprint density at radius 2 is 2.29 bits per heavy atom. The number of nitrogens with zero attached hydrogens (tertiary/aromatic N) is 2. The first kappa shape index (κ1) is 15.8. The molecule has 1 saturated heterocycles. The van der Waals surface area contributed by atoms with Crippen molar-refractivity contribution in [1.82, 2.24) is 9.80 Å². The Bertz CT molecular complexity index is 475. The summed E-state index contributed by atoms with van der Waals surface area (Å²) in [4.78, 5) is 16.7. The highest BCUT2D eigenvalue weighted by Crippen LogP contribution is 2.15. The first-order valence-corrected chi connectivity index (χ1v) is 7.59. The molecule has 1 aromatic rings. The second-order valence-electron chi connectivity index (χ2n) is 5.98. The summed E-state index contributed by atoms with van der Waals surface area (Å²) in [5, 5.41) is 2.90. The summed E-state index contributed by atoms with van der Waals surface area (Å²) < 4.78 is 0. The van der Waals surface area contributed by atoms with Gasteiger partial charge >= 0.3 is 0 Å². The van der Waals surface area contributed by atoms with Crippen LogP contribution in [0.2, 0.25) is 0 Å². The van der Waals surface area contributed by atoms with Crippen molar-refractivity contribution >= 4 is 17.3 Å². The zero-order chi connectivity index (χ0) is 15.2. The molecule has 116 valence electrons. The summed E-state index contributed by atoms with van der Waals surface area (Å²) in [5.41, 5.74) is 7.14. The first-order chi connectivity index (χ1) is 10.0. The van der Waals surface area contributed by atoms with Gasteiger partial charge in [-0.05, 0) is 51.7 Å². The van der Waals surface area contributed by atoms with Crippen LogP contribution in [0.25, 0.3) is 0 Å². The third kappa shape index (κ3) is 5.02. The monoisotopic (exact) mass is 290 g/mol. The van der Waals surface area contributed by atoms with Crippen molar-refractivity contribution < 1.29 is 4.79 Å². The van der Waals surface area contributed by atoms with Gasteiger partial charge in [0.2, 0.25) is 5.91 Å². The Kier molecular flexibility index (Phi) is 5.59. The van der Waals surface area contributed by atoms with Crippen molar-refractivity contribution in [1.29, 1.82) is 0 Å². The molecule has 1 atom stereocenters. The molecular weight excluding hydrogens is 264 g/mol. The van der Waals surface area contributed by atoms with Gasteiger partial charge in [-0.15, -0.1) is 0 Å². The molecule has 3 N–H and O–H groups in total. The molecule has 1 heterocycles. The molecule has 1 fully saturated rings. The normalized spacial score (nSPS) is 19.7. The number of hydrogen-bond donors (Lipinski definition) is 2. The fourth-order valence-electron chi connectivity index (χ4n) is 2.76. The van der Waals surface area contributed by atoms with Crippen LogP contribution in [0.5, 0.6) is 0 Å². The Hall–Kier alpha value is -1.59. The summed E-state index contributed by atoms with van der Waals surface area (Å²) in [7, 11) is 4.25. The number of benzene rings is 1. The number of anilines is 2. The number of nitrogen functional groups attached to an aromatic ring is 1. The average Bonchev–Trinajstić information content (AvgIpc) is 2.45. The molecule has 5 nitrogen and oxygen atoms in total. The van der Waals surface area contributed by atoms with Crippen LogP contribution in [0.15, 0.2) is 24.3 Å². The van der Waals surface area contributed by atoms with Crippen LogP contribution >= 0.6 is 0 Å². The van der Waals surface area contributed by atoms with E-state index in [9.17, 15) is 4.79 Å². The minimum atomic E-state index is 0.0487. The maximum atomic E-state index is 12.0. The van der Waals surface area contributed by atoms with Crippen molar-refractivity contribution in [3.8, 4) is 0 Å². The van der Waals surface area contributed by atoms with Crippen LogP contribution in [0.3, 0.4) is 0 Å². The Morgan fingerprint density at radius 1 is 1.48 bits per heavy atom. The molecule has 1 aliphatic rings. The minimum absolute atomic E-state index is 0.0487. The molecular formula is C16H26N4O. The summed E-state index contributed by atoms with van der Waals surface area (Å²) in [6.07, 6.45) is 2.98. The molecule has 21 heavy (non-hydrogen) atoms. The lowest BCUT2D eigenvalue weighted by molar-refractivity contribution is -0.116. The number of nitrogens with two attached hydrogens (primary N) is 1. The predicted molar refractivity (Wildman–Crippen MR) is 87.3 cm³/mol. The fraction of sp³-hybridized carbons (Fsp3) is 0.562. The summed E-state index contributed by atoms with van der Waals surface area (Å²) in [6, 6.07) is 7.90. The smallest absolute Gasteiger partial charge is 0.225 e. The topological polar surface area (TPSA) is 61.6 Å². The van der Waals surface area contributed by atoms with Crippen LogP contribution in [0.4, 0.5) is 11.4 Å². The van der Waals surface area contributed by atoms with Crippen LogP contribution in [-0.2, 0) is 4.79 Å². The van der Waals surface area contributed by atoms with E-state index in [0.717, 1.165) is 25.3 Å². The summed E-state index contributed by atoms with van der Waals surface area (Å²) in [5.74, 6) is 0.0487. The average molecular weight is 290 g/mol. The summed E-state index contributed by atoms with van der Waals surface area (Å²) in [6.45, 7) is 2.97. The van der Waals surface area contributed by atoms with Gasteiger partial charge in [0, 0.05) is 36.9 Å². The molecule has 1 aliphatic heterocycles. The van der Waals surface area contributed by atoms with E-state index >= 15 is 0 Å². The number of carbonyl (C=O) groups excluding carboxylic acids is 1. The van der Waals surface area contributed by atoms with Gasteiger partial charge in [0.15, 0.2) is 0 Å². The zero-order valence-electron chi connectivity index (χ0n) is 13.0. The number of likely N-dealkylation sites (tertiary alicyclic amines) is 1. The highest BCUT2D eigenvalue weighted by molar-refractivity contribution is 5.91. The van der Waals surface area contributed by atoms with Gasteiger partial charge < -0.3 is 20.9 Å². The van der Waals surface area contributed by atoms with Gasteiger partial charge in [0.05, 0.1) is 0 Å². The van der Waals surface area contributed by atoms with Gasteiger partial charge in [-0.3, -0.25) is 4.79 Å². The first-order valence-electron chi connectivity index (χ1n) is 7.59. The number of rotatable bonds is 5. The third-order valence-corrected chi connectivity index (χ3v) is 4.04. The molecule has 0 aromatic heterocycles. The van der Waals surface area contributed by atoms with Crippen molar-refractivity contribution in [3.63, 3.8) is 0 Å². The Labute approximate surface area is 127 Å². The van der Waals surface area contributed by atoms with Crippen LogP contribution in [0.1, 0.15) is 19.3 Å². The quantitative estimate of drug-likeness (QED) is 0.809. The van der Waals surface area contributed by atoms with E-state index in [1.807, 2.05) is 18.2 Å². The Balaban J connectivity index is 1.76. The number of likely N-dealkylation sites (N-methyl/N-ethyl adjacent to an activating group) is 1. The molecule has 1 aromatic carbocycles. The second kappa shape index (κ2) is 7.43. The third-order valence-electron chi connectivity index (χ3n) is 4.04. The van der Waals surface area contributed by atoms with Crippen molar-refractivity contribution in [3.05, 3.63) is 24.3 Å². The summed E-state index contributed by atoms with van der Waals surface area (Å²) >= 11 is 0. The molecule has 0 radical (unpaired) electrons. The van der Waals surface area contributed by atoms with E-state index in [1.54, 1.807) is 6.07 Å². The van der Waals surface area contributed by atoms with E-state index in [0.29, 0.717) is 18.2 Å². The van der Waals surface area contributed by atoms with Gasteiger partial charge in [-0.1, -0.05) is 6.07 Å². The molecule has 5 heteroatoms. The molecule has 1 amide bonds. The number of amides is 1. The lowest BCUT2D eigenvalue weighted by atomic mass is 10.0. The van der Waals surface area contributed by atoms with Crippen molar-refractivity contribution in [2.75, 3.05) is 44.8 Å². The maximum Gasteiger partial charge on any atom is 0.225 e. The number of nitrogens with one attached hydrogen (secondary N) is 1. The van der Waals surface area contributed by atoms with E-state index in [1.165, 1.54) is 12.8 Å². The lowest BCUT2D eigenvalue weighted by Gasteiger charge is -2.36. The van der Waals surface area contributed by atoms with E-state index in [2.05, 4.69) is 29.2 Å². The minimum Gasteiger partial charge on any atom is -0.399 e. The number of piperidine rings is 1. The fourth-order valence-corrected chi connectivity index (χ4v) is 2.76. The van der Waals surface area contributed by atoms with Gasteiger partial charge in [0.25, 0.3) is 0 Å². The van der Waals surface area contributed by atoms with Gasteiger partial charge in [-0.2, -0.15) is 0 Å². The molecule has 1 unspecified atom stereocenters. The number of hydrogen-bond acceptors (Lipinski definition) is 4. The SMILES string of the molecule is CN(C)C1CCCN(CCC(=O)Nc2cccc(N)c2)C1. The molecule has 0 aliphatic carbocycles. The zero-order valence-corrected chi connectivity index (χ0v) is 13.0. The van der Waals surface area contributed by atoms with E-state index < -0.39 is 0 Å². The highest BCUT2D eigenvalue weighted by atomic mass is 16.1. The molecule has 2 rings (SSSR count). The Morgan fingerprint density at radius 3 is 3.00 bits per heavy atom. The molecule has 0 spiro atoms. The van der Waals surface area contributed by atoms with Gasteiger partial charge in [0.1, 0.15) is 0 Å². The lowest BCUT2D eigenvalue weighted by Crippen LogP contribution is -2.45. The number of carbonyl (C=O) groups is 1. The standard InChI is InChI=1S/C16H26N4O/c1-19(2)15-7-4-9-20(12-15)10-8-16(21)18-14-6-3-5-13(17)11-14/h3,5-6,11,15H,4,7-10,12,17H2,1-2H3,(H,18,21). The molecule has 0 saturated carbocycles. The van der Waals surface area contributed by atoms with E-state index in [4.69, 9.17) is 5.73 Å². The van der Waals surface area contributed by atoms with Crippen LogP contribution < -0.4 is 11.1 Å². The van der Waals surface area contributed by atoms with Crippen LogP contribution in [-0.4, -0.2) is 55.5 Å². The van der Waals surface area contributed by atoms with E-state index in [-0.39, 0.29) is 5.91 Å². The highest BCUT2D eigenvalue weighted by Gasteiger charge is 2.21. The van der Waals surface area contributed by atoms with Gasteiger partial charge in [-0.25, -0.2) is 0 Å². The predicted octanol–water partition coefficient (Wildman–Crippen LogP) is 1.62. The second-order valence-corrected chi connectivity index (χ2v) is 5.98. The van der Waals surface area contributed by atoms with Crippen molar-refractivity contribution in [2.24, 2.45) is 0 Å². The van der Waals surface area contributed by atoms with Crippen LogP contribution in [0, 0.1) is 0 Å².